The van der Waals surface area contributed by atoms with E-state index in [1.807, 2.05) is 30.5 Å². The minimum atomic E-state index is -0.779. The molecule has 2 aromatic heterocycles. The van der Waals surface area contributed by atoms with E-state index in [1.165, 1.54) is 6.07 Å². The van der Waals surface area contributed by atoms with E-state index in [1.54, 1.807) is 18.2 Å². The Hall–Kier alpha value is -3.48. The van der Waals surface area contributed by atoms with Crippen molar-refractivity contribution in [3.05, 3.63) is 71.7 Å². The number of nitrogens with zero attached hydrogens (tertiary/aromatic N) is 3. The van der Waals surface area contributed by atoms with E-state index in [9.17, 15) is 8.78 Å². The quantitative estimate of drug-likeness (QED) is 0.535. The second kappa shape index (κ2) is 6.35. The van der Waals surface area contributed by atoms with Crippen LogP contribution in [0.1, 0.15) is 11.4 Å². The van der Waals surface area contributed by atoms with Crippen LogP contribution in [0, 0.1) is 25.5 Å². The summed E-state index contributed by atoms with van der Waals surface area (Å²) in [4.78, 5) is 0. The van der Waals surface area contributed by atoms with Crippen molar-refractivity contribution in [1.82, 2.24) is 14.6 Å². The third-order valence-electron chi connectivity index (χ3n) is 4.29. The Morgan fingerprint density at radius 3 is 2.52 bits per heavy atom. The van der Waals surface area contributed by atoms with E-state index in [4.69, 9.17) is 10.5 Å². The lowest BCUT2D eigenvalue weighted by Crippen LogP contribution is -1.97. The molecule has 4 rings (SSSR count). The lowest BCUT2D eigenvalue weighted by Gasteiger charge is -2.14. The number of aryl methyl sites for hydroxylation is 2. The predicted molar refractivity (Wildman–Crippen MR) is 98.7 cm³/mol. The van der Waals surface area contributed by atoms with E-state index >= 15 is 0 Å². The highest BCUT2D eigenvalue weighted by atomic mass is 19.1. The van der Waals surface area contributed by atoms with Crippen LogP contribution in [0.25, 0.3) is 16.8 Å². The molecule has 0 spiro atoms. The van der Waals surface area contributed by atoms with Crippen LogP contribution in [-0.4, -0.2) is 14.6 Å². The molecule has 2 aromatic carbocycles. The molecule has 7 heteroatoms. The first-order chi connectivity index (χ1) is 12.9. The zero-order chi connectivity index (χ0) is 19.1. The molecule has 27 heavy (non-hydrogen) atoms. The Morgan fingerprint density at radius 2 is 1.74 bits per heavy atom. The number of fused-ring (bicyclic) bond motifs is 1. The molecular weight excluding hydrogens is 350 g/mol. The molecular formula is C20H16F2N4O. The fourth-order valence-corrected chi connectivity index (χ4v) is 2.95. The third-order valence-corrected chi connectivity index (χ3v) is 4.29. The Balaban J connectivity index is 1.86. The van der Waals surface area contributed by atoms with Crippen molar-refractivity contribution in [3.63, 3.8) is 0 Å². The van der Waals surface area contributed by atoms with Crippen molar-refractivity contribution in [3.8, 4) is 22.6 Å². The van der Waals surface area contributed by atoms with Gasteiger partial charge >= 0.3 is 0 Å². The van der Waals surface area contributed by atoms with Gasteiger partial charge in [-0.2, -0.15) is 0 Å². The highest BCUT2D eigenvalue weighted by molar-refractivity contribution is 5.75. The fraction of sp³-hybridized carbons (Fsp3) is 0.100. The molecule has 4 aromatic rings. The van der Waals surface area contributed by atoms with Gasteiger partial charge in [0.15, 0.2) is 17.2 Å². The molecule has 0 saturated heterocycles. The normalized spacial score (nSPS) is 11.1. The van der Waals surface area contributed by atoms with Crippen molar-refractivity contribution in [2.24, 2.45) is 0 Å². The van der Waals surface area contributed by atoms with Gasteiger partial charge in [-0.25, -0.2) is 8.78 Å². The van der Waals surface area contributed by atoms with Gasteiger partial charge in [-0.1, -0.05) is 0 Å². The summed E-state index contributed by atoms with van der Waals surface area (Å²) in [6.07, 6.45) is 1.88. The van der Waals surface area contributed by atoms with Gasteiger partial charge in [-0.3, -0.25) is 4.40 Å². The number of pyridine rings is 1. The average molecular weight is 366 g/mol. The molecule has 0 aliphatic rings. The molecule has 5 nitrogen and oxygen atoms in total. The Morgan fingerprint density at radius 1 is 0.963 bits per heavy atom. The molecule has 0 atom stereocenters. The molecule has 0 amide bonds. The maximum atomic E-state index is 14.0. The lowest BCUT2D eigenvalue weighted by molar-refractivity contribution is 0.439. The maximum absolute atomic E-state index is 14.0. The molecule has 0 bridgehead atoms. The summed E-state index contributed by atoms with van der Waals surface area (Å²) in [5.41, 5.74) is 9.67. The highest BCUT2D eigenvalue weighted by Crippen LogP contribution is 2.36. The summed E-state index contributed by atoms with van der Waals surface area (Å²) in [6.45, 7) is 3.79. The number of ether oxygens (including phenoxy) is 1. The highest BCUT2D eigenvalue weighted by Gasteiger charge is 2.14. The van der Waals surface area contributed by atoms with Crippen LogP contribution in [0.2, 0.25) is 0 Å². The predicted octanol–water partition coefficient (Wildman–Crippen LogP) is 4.67. The van der Waals surface area contributed by atoms with Gasteiger partial charge < -0.3 is 10.5 Å². The van der Waals surface area contributed by atoms with E-state index in [-0.39, 0.29) is 5.75 Å². The minimum Gasteiger partial charge on any atom is -0.454 e. The number of anilines is 1. The van der Waals surface area contributed by atoms with E-state index in [0.29, 0.717) is 17.0 Å². The summed E-state index contributed by atoms with van der Waals surface area (Å²) >= 11 is 0. The van der Waals surface area contributed by atoms with E-state index in [2.05, 4.69) is 10.2 Å². The summed E-state index contributed by atoms with van der Waals surface area (Å²) in [5.74, 6) is -0.369. The molecule has 0 saturated carbocycles. The summed E-state index contributed by atoms with van der Waals surface area (Å²) in [6, 6.07) is 10.2. The first kappa shape index (κ1) is 17.0. The van der Waals surface area contributed by atoms with Gasteiger partial charge in [0.25, 0.3) is 0 Å². The number of hydrogen-bond acceptors (Lipinski definition) is 4. The SMILES string of the molecule is Cc1cc(-c2cc(N)ccc2Oc2ccc(F)cc2F)cn2c(C)nnc12. The van der Waals surface area contributed by atoms with Crippen LogP contribution in [0.5, 0.6) is 11.5 Å². The van der Waals surface area contributed by atoms with Crippen molar-refractivity contribution in [2.45, 2.75) is 13.8 Å². The van der Waals surface area contributed by atoms with Gasteiger partial charge in [0.05, 0.1) is 0 Å². The Labute approximate surface area is 154 Å². The van der Waals surface area contributed by atoms with Crippen molar-refractivity contribution >= 4 is 11.3 Å². The van der Waals surface area contributed by atoms with Gasteiger partial charge in [0, 0.05) is 29.1 Å². The number of halogens is 2. The van der Waals surface area contributed by atoms with Crippen LogP contribution >= 0.6 is 0 Å². The summed E-state index contributed by atoms with van der Waals surface area (Å²) in [7, 11) is 0. The van der Waals surface area contributed by atoms with Crippen LogP contribution < -0.4 is 10.5 Å². The number of rotatable bonds is 3. The number of hydrogen-bond donors (Lipinski definition) is 1. The second-order valence-electron chi connectivity index (χ2n) is 6.29. The number of nitrogens with two attached hydrogens (primary N) is 1. The Kier molecular flexibility index (Phi) is 3.99. The summed E-state index contributed by atoms with van der Waals surface area (Å²) < 4.78 is 34.8. The molecule has 136 valence electrons. The topological polar surface area (TPSA) is 65.4 Å². The van der Waals surface area contributed by atoms with E-state index in [0.717, 1.165) is 34.7 Å². The average Bonchev–Trinajstić information content (AvgIpc) is 3.00. The molecule has 0 fully saturated rings. The molecule has 2 N–H and O–H groups in total. The lowest BCUT2D eigenvalue weighted by atomic mass is 10.0. The summed E-state index contributed by atoms with van der Waals surface area (Å²) in [5, 5.41) is 8.24. The van der Waals surface area contributed by atoms with Crippen molar-refractivity contribution in [2.75, 3.05) is 5.73 Å². The Bertz CT molecular complexity index is 1170. The number of aromatic nitrogens is 3. The van der Waals surface area contributed by atoms with Crippen molar-refractivity contribution < 1.29 is 13.5 Å². The maximum Gasteiger partial charge on any atom is 0.168 e. The molecule has 0 aliphatic heterocycles. The van der Waals surface area contributed by atoms with Gasteiger partial charge in [0.1, 0.15) is 17.4 Å². The monoisotopic (exact) mass is 366 g/mol. The zero-order valence-corrected chi connectivity index (χ0v) is 14.7. The number of nitrogen functional groups attached to an aromatic ring is 1. The molecule has 2 heterocycles. The van der Waals surface area contributed by atoms with Crippen LogP contribution in [-0.2, 0) is 0 Å². The fourth-order valence-electron chi connectivity index (χ4n) is 2.95. The molecule has 0 unspecified atom stereocenters. The van der Waals surface area contributed by atoms with Gasteiger partial charge in [0.2, 0.25) is 0 Å². The zero-order valence-electron chi connectivity index (χ0n) is 14.7. The first-order valence-electron chi connectivity index (χ1n) is 8.27. The van der Waals surface area contributed by atoms with Crippen LogP contribution in [0.15, 0.2) is 48.7 Å². The second-order valence-corrected chi connectivity index (χ2v) is 6.29. The number of benzene rings is 2. The third kappa shape index (κ3) is 3.08. The smallest absolute Gasteiger partial charge is 0.168 e. The van der Waals surface area contributed by atoms with E-state index < -0.39 is 11.6 Å². The standard InChI is InChI=1S/C20H16F2N4O/c1-11-7-13(10-26-12(2)24-25-20(11)26)16-9-15(23)4-6-18(16)27-19-5-3-14(21)8-17(19)22/h3-10H,23H2,1-2H3. The minimum absolute atomic E-state index is 0.0688. The molecule has 0 radical (unpaired) electrons. The largest absolute Gasteiger partial charge is 0.454 e. The van der Waals surface area contributed by atoms with Crippen LogP contribution in [0.3, 0.4) is 0 Å². The first-order valence-corrected chi connectivity index (χ1v) is 8.27. The van der Waals surface area contributed by atoms with Gasteiger partial charge in [-0.05, 0) is 55.8 Å². The van der Waals surface area contributed by atoms with Crippen LogP contribution in [0.4, 0.5) is 14.5 Å². The van der Waals surface area contributed by atoms with Gasteiger partial charge in [-0.15, -0.1) is 10.2 Å². The van der Waals surface area contributed by atoms with Crippen molar-refractivity contribution in [1.29, 1.82) is 0 Å². The molecule has 0 aliphatic carbocycles.